The maximum Gasteiger partial charge on any atom is 0.147 e. The maximum absolute atomic E-state index is 4.41. The molecule has 1 heterocycles. The van der Waals surface area contributed by atoms with Gasteiger partial charge in [0.15, 0.2) is 0 Å². The number of rotatable bonds is 8. The van der Waals surface area contributed by atoms with Gasteiger partial charge in [0.1, 0.15) is 10.0 Å². The van der Waals surface area contributed by atoms with Gasteiger partial charge in [0.2, 0.25) is 0 Å². The molecule has 3 rings (SSSR count). The number of nitrogens with zero attached hydrogens (tertiary/aromatic N) is 2. The summed E-state index contributed by atoms with van der Waals surface area (Å²) in [6.07, 6.45) is 13.2. The van der Waals surface area contributed by atoms with Gasteiger partial charge in [-0.15, -0.1) is 10.2 Å². The van der Waals surface area contributed by atoms with Gasteiger partial charge in [0, 0.05) is 12.0 Å². The largest absolute Gasteiger partial charge is 0.147 e. The molecule has 3 heteroatoms. The second-order valence-corrected chi connectivity index (χ2v) is 8.65. The minimum atomic E-state index is 0.765. The molecule has 1 aliphatic rings. The average molecular weight is 357 g/mol. The summed E-state index contributed by atoms with van der Waals surface area (Å²) < 4.78 is 0. The first kappa shape index (κ1) is 18.6. The van der Waals surface area contributed by atoms with E-state index in [1.165, 1.54) is 73.9 Å². The summed E-state index contributed by atoms with van der Waals surface area (Å²) in [7, 11) is 0. The van der Waals surface area contributed by atoms with Crippen molar-refractivity contribution in [2.45, 2.75) is 84.0 Å². The fraction of sp³-hybridized carbons (Fsp3) is 0.636. The molecule has 0 bridgehead atoms. The van der Waals surface area contributed by atoms with Crippen molar-refractivity contribution in [3.8, 4) is 10.6 Å². The molecule has 1 aromatic heterocycles. The fourth-order valence-electron chi connectivity index (χ4n) is 4.09. The Morgan fingerprint density at radius 2 is 1.68 bits per heavy atom. The molecule has 2 aromatic rings. The molecule has 0 atom stereocenters. The molecule has 0 spiro atoms. The van der Waals surface area contributed by atoms with Crippen LogP contribution in [0.3, 0.4) is 0 Å². The van der Waals surface area contributed by atoms with E-state index in [4.69, 9.17) is 0 Å². The van der Waals surface area contributed by atoms with E-state index >= 15 is 0 Å². The van der Waals surface area contributed by atoms with Gasteiger partial charge in [0.05, 0.1) is 0 Å². The topological polar surface area (TPSA) is 25.8 Å². The second kappa shape index (κ2) is 9.47. The third kappa shape index (κ3) is 5.13. The first-order valence-electron chi connectivity index (χ1n) is 10.2. The minimum absolute atomic E-state index is 0.765. The van der Waals surface area contributed by atoms with Crippen LogP contribution in [0, 0.1) is 5.92 Å². The van der Waals surface area contributed by atoms with E-state index in [0.29, 0.717) is 0 Å². The Kier molecular flexibility index (Phi) is 7.03. The van der Waals surface area contributed by atoms with Crippen LogP contribution in [0.15, 0.2) is 24.3 Å². The van der Waals surface area contributed by atoms with Crippen molar-refractivity contribution in [1.82, 2.24) is 10.2 Å². The Morgan fingerprint density at radius 3 is 2.36 bits per heavy atom. The number of unbranched alkanes of at least 4 members (excludes halogenated alkanes) is 2. The number of aromatic nitrogens is 2. The van der Waals surface area contributed by atoms with E-state index in [-0.39, 0.29) is 0 Å². The van der Waals surface area contributed by atoms with Crippen LogP contribution < -0.4 is 0 Å². The summed E-state index contributed by atoms with van der Waals surface area (Å²) in [4.78, 5) is 0. The maximum atomic E-state index is 4.41. The van der Waals surface area contributed by atoms with E-state index in [1.807, 2.05) is 0 Å². The number of benzene rings is 1. The Morgan fingerprint density at radius 1 is 0.920 bits per heavy atom. The lowest BCUT2D eigenvalue weighted by Gasteiger charge is -2.28. The number of aryl methyl sites for hydroxylation is 1. The third-order valence-electron chi connectivity index (χ3n) is 5.63. The third-order valence-corrected chi connectivity index (χ3v) is 6.67. The molecule has 25 heavy (non-hydrogen) atoms. The molecule has 0 amide bonds. The van der Waals surface area contributed by atoms with Crippen LogP contribution in [0.2, 0.25) is 0 Å². The minimum Gasteiger partial charge on any atom is -0.143 e. The van der Waals surface area contributed by atoms with Crippen molar-refractivity contribution in [3.63, 3.8) is 0 Å². The molecule has 1 saturated carbocycles. The molecule has 0 radical (unpaired) electrons. The highest BCUT2D eigenvalue weighted by atomic mass is 32.1. The van der Waals surface area contributed by atoms with E-state index in [9.17, 15) is 0 Å². The quantitative estimate of drug-likeness (QED) is 0.475. The van der Waals surface area contributed by atoms with E-state index < -0.39 is 0 Å². The molecule has 0 unspecified atom stereocenters. The zero-order valence-electron chi connectivity index (χ0n) is 15.8. The highest BCUT2D eigenvalue weighted by Crippen LogP contribution is 2.38. The van der Waals surface area contributed by atoms with E-state index in [0.717, 1.165) is 23.3 Å². The Balaban J connectivity index is 1.57. The molecule has 0 saturated heterocycles. The molecule has 0 aliphatic heterocycles. The van der Waals surface area contributed by atoms with Gasteiger partial charge in [-0.25, -0.2) is 0 Å². The predicted octanol–water partition coefficient (Wildman–Crippen LogP) is 7.01. The zero-order chi connectivity index (χ0) is 17.5. The number of hydrogen-bond donors (Lipinski definition) is 0. The van der Waals surface area contributed by atoms with Gasteiger partial charge < -0.3 is 0 Å². The van der Waals surface area contributed by atoms with Gasteiger partial charge >= 0.3 is 0 Å². The van der Waals surface area contributed by atoms with Crippen LogP contribution in [-0.2, 0) is 6.42 Å². The molecular formula is C22H32N2S. The Bertz CT molecular complexity index is 624. The second-order valence-electron chi connectivity index (χ2n) is 7.59. The lowest BCUT2D eigenvalue weighted by atomic mass is 9.77. The Hall–Kier alpha value is -1.22. The molecule has 2 nitrogen and oxygen atoms in total. The lowest BCUT2D eigenvalue weighted by molar-refractivity contribution is 0.308. The summed E-state index contributed by atoms with van der Waals surface area (Å²) in [5, 5.41) is 11.0. The first-order chi connectivity index (χ1) is 12.3. The lowest BCUT2D eigenvalue weighted by Crippen LogP contribution is -2.13. The van der Waals surface area contributed by atoms with Gasteiger partial charge in [-0.3, -0.25) is 0 Å². The smallest absolute Gasteiger partial charge is 0.143 e. The van der Waals surface area contributed by atoms with Crippen LogP contribution in [0.25, 0.3) is 10.6 Å². The average Bonchev–Trinajstić information content (AvgIpc) is 3.12. The van der Waals surface area contributed by atoms with E-state index in [1.54, 1.807) is 11.3 Å². The van der Waals surface area contributed by atoms with Crippen molar-refractivity contribution in [1.29, 1.82) is 0 Å². The summed E-state index contributed by atoms with van der Waals surface area (Å²) in [6, 6.07) is 9.17. The normalized spacial score (nSPS) is 20.7. The van der Waals surface area contributed by atoms with E-state index in [2.05, 4.69) is 48.3 Å². The van der Waals surface area contributed by atoms with Crippen LogP contribution in [0.4, 0.5) is 0 Å². The van der Waals surface area contributed by atoms with Crippen LogP contribution in [0.1, 0.15) is 88.1 Å². The van der Waals surface area contributed by atoms with Crippen molar-refractivity contribution >= 4 is 11.3 Å². The summed E-state index contributed by atoms with van der Waals surface area (Å²) in [6.45, 7) is 4.55. The molecule has 0 N–H and O–H groups in total. The monoisotopic (exact) mass is 356 g/mol. The van der Waals surface area contributed by atoms with Gasteiger partial charge in [-0.1, -0.05) is 75.1 Å². The van der Waals surface area contributed by atoms with Crippen molar-refractivity contribution in [3.05, 3.63) is 34.8 Å². The molecule has 1 fully saturated rings. The van der Waals surface area contributed by atoms with Crippen LogP contribution in [0.5, 0.6) is 0 Å². The van der Waals surface area contributed by atoms with Crippen LogP contribution >= 0.6 is 11.3 Å². The Labute approximate surface area is 157 Å². The summed E-state index contributed by atoms with van der Waals surface area (Å²) in [5.41, 5.74) is 2.74. The van der Waals surface area contributed by atoms with Gasteiger partial charge in [-0.2, -0.15) is 0 Å². The molecule has 1 aliphatic carbocycles. The van der Waals surface area contributed by atoms with Crippen molar-refractivity contribution < 1.29 is 0 Å². The van der Waals surface area contributed by atoms with Crippen molar-refractivity contribution in [2.24, 2.45) is 5.92 Å². The van der Waals surface area contributed by atoms with Crippen molar-refractivity contribution in [2.75, 3.05) is 0 Å². The number of hydrogen-bond acceptors (Lipinski definition) is 3. The molecule has 1 aromatic carbocycles. The zero-order valence-corrected chi connectivity index (χ0v) is 16.7. The SMILES string of the molecule is CCCCCc1nnc(-c2ccc(C3CCC(CCC)CC3)cc2)s1. The molecular weight excluding hydrogens is 324 g/mol. The molecule has 136 valence electrons. The highest BCUT2D eigenvalue weighted by molar-refractivity contribution is 7.14. The van der Waals surface area contributed by atoms with Crippen LogP contribution in [-0.4, -0.2) is 10.2 Å². The predicted molar refractivity (Wildman–Crippen MR) is 108 cm³/mol. The first-order valence-corrected chi connectivity index (χ1v) is 11.0. The summed E-state index contributed by atoms with van der Waals surface area (Å²) in [5.74, 6) is 1.74. The highest BCUT2D eigenvalue weighted by Gasteiger charge is 2.21. The van der Waals surface area contributed by atoms with Gasteiger partial charge in [-0.05, 0) is 49.5 Å². The van der Waals surface area contributed by atoms with Gasteiger partial charge in [0.25, 0.3) is 0 Å². The fourth-order valence-corrected chi connectivity index (χ4v) is 4.97. The summed E-state index contributed by atoms with van der Waals surface area (Å²) >= 11 is 1.76. The standard InChI is InChI=1S/C22H32N2S/c1-3-5-6-8-21-23-24-22(25-21)20-15-13-19(14-16-20)18-11-9-17(7-4-2)10-12-18/h13-18H,3-12H2,1-2H3.